The van der Waals surface area contributed by atoms with E-state index in [0.717, 1.165) is 18.2 Å². The lowest BCUT2D eigenvalue weighted by atomic mass is 10.1. The van der Waals surface area contributed by atoms with E-state index in [4.69, 9.17) is 4.42 Å². The lowest BCUT2D eigenvalue weighted by molar-refractivity contribution is 0.0498. The molecule has 2 heterocycles. The molecule has 1 atom stereocenters. The van der Waals surface area contributed by atoms with Crippen molar-refractivity contribution in [3.05, 3.63) is 59.6 Å². The van der Waals surface area contributed by atoms with Crippen molar-refractivity contribution in [3.8, 4) is 0 Å². The summed E-state index contributed by atoms with van der Waals surface area (Å²) in [6, 6.07) is 6.31. The molecule has 3 rings (SSSR count). The van der Waals surface area contributed by atoms with Crippen molar-refractivity contribution in [1.29, 1.82) is 0 Å². The molecule has 0 bridgehead atoms. The van der Waals surface area contributed by atoms with Gasteiger partial charge in [-0.3, -0.25) is 9.69 Å². The molecule has 1 aromatic heterocycles. The van der Waals surface area contributed by atoms with E-state index in [1.165, 1.54) is 6.26 Å². The van der Waals surface area contributed by atoms with Gasteiger partial charge >= 0.3 is 0 Å². The van der Waals surface area contributed by atoms with Crippen LogP contribution in [-0.4, -0.2) is 53.5 Å². The predicted octanol–water partition coefficient (Wildman–Crippen LogP) is 2.05. The Morgan fingerprint density at radius 3 is 2.62 bits per heavy atom. The molecule has 128 valence electrons. The van der Waals surface area contributed by atoms with Crippen molar-refractivity contribution in [2.75, 3.05) is 32.7 Å². The molecule has 1 aliphatic rings. The number of carbonyl (C=O) groups excluding carboxylic acids is 1. The van der Waals surface area contributed by atoms with Crippen molar-refractivity contribution < 1.29 is 23.1 Å². The van der Waals surface area contributed by atoms with Gasteiger partial charge in [-0.1, -0.05) is 0 Å². The van der Waals surface area contributed by atoms with E-state index in [0.29, 0.717) is 31.9 Å². The van der Waals surface area contributed by atoms with Crippen LogP contribution >= 0.6 is 0 Å². The SMILES string of the molecule is O=C(c1ccco1)N1CCN(CC(O)c2cc(F)ccc2F)CC1. The van der Waals surface area contributed by atoms with Crippen LogP contribution in [0, 0.1) is 11.6 Å². The molecule has 1 aliphatic heterocycles. The molecular weight excluding hydrogens is 318 g/mol. The molecule has 2 aromatic rings. The number of hydrogen-bond acceptors (Lipinski definition) is 4. The molecule has 1 aromatic carbocycles. The van der Waals surface area contributed by atoms with Gasteiger partial charge in [0.2, 0.25) is 0 Å². The van der Waals surface area contributed by atoms with Gasteiger partial charge in [-0.15, -0.1) is 0 Å². The van der Waals surface area contributed by atoms with Crippen molar-refractivity contribution in [2.24, 2.45) is 0 Å². The average molecular weight is 336 g/mol. The van der Waals surface area contributed by atoms with Crippen LogP contribution in [0.1, 0.15) is 22.2 Å². The van der Waals surface area contributed by atoms with Gasteiger partial charge < -0.3 is 14.4 Å². The Morgan fingerprint density at radius 2 is 1.96 bits per heavy atom. The summed E-state index contributed by atoms with van der Waals surface area (Å²) in [6.07, 6.45) is 0.334. The van der Waals surface area contributed by atoms with E-state index in [9.17, 15) is 18.7 Å². The third-order valence-corrected chi connectivity index (χ3v) is 4.14. The molecular formula is C17H18F2N2O3. The fraction of sp³-hybridized carbons (Fsp3) is 0.353. The number of amides is 1. The summed E-state index contributed by atoms with van der Waals surface area (Å²) in [5.74, 6) is -1.09. The Labute approximate surface area is 138 Å². The molecule has 1 saturated heterocycles. The maximum atomic E-state index is 13.7. The Hall–Kier alpha value is -2.25. The summed E-state index contributed by atoms with van der Waals surface area (Å²) in [6.45, 7) is 2.24. The number of β-amino-alcohol motifs (C(OH)–C–C–N with tert-alkyl or cyclic N) is 1. The number of hydrogen-bond donors (Lipinski definition) is 1. The van der Waals surface area contributed by atoms with Gasteiger partial charge in [0, 0.05) is 38.3 Å². The van der Waals surface area contributed by atoms with E-state index < -0.39 is 17.7 Å². The van der Waals surface area contributed by atoms with Gasteiger partial charge in [-0.05, 0) is 30.3 Å². The van der Waals surface area contributed by atoms with E-state index in [-0.39, 0.29) is 18.0 Å². The summed E-state index contributed by atoms with van der Waals surface area (Å²) in [7, 11) is 0. The van der Waals surface area contributed by atoms with Crippen LogP contribution in [-0.2, 0) is 0 Å². The van der Waals surface area contributed by atoms with Crippen molar-refractivity contribution in [3.63, 3.8) is 0 Å². The molecule has 0 radical (unpaired) electrons. The minimum Gasteiger partial charge on any atom is -0.459 e. The minimum absolute atomic E-state index is 0.0518. The number of aliphatic hydroxyl groups is 1. The summed E-state index contributed by atoms with van der Waals surface area (Å²) in [5, 5.41) is 10.2. The Kier molecular flexibility index (Phi) is 4.92. The normalized spacial score (nSPS) is 17.0. The molecule has 0 spiro atoms. The number of furan rings is 1. The highest BCUT2D eigenvalue weighted by Crippen LogP contribution is 2.20. The first-order valence-corrected chi connectivity index (χ1v) is 7.73. The zero-order chi connectivity index (χ0) is 17.1. The second-order valence-corrected chi connectivity index (χ2v) is 5.75. The first-order valence-electron chi connectivity index (χ1n) is 7.73. The van der Waals surface area contributed by atoms with Crippen molar-refractivity contribution in [2.45, 2.75) is 6.10 Å². The molecule has 1 amide bonds. The second kappa shape index (κ2) is 7.11. The van der Waals surface area contributed by atoms with Crippen molar-refractivity contribution in [1.82, 2.24) is 9.80 Å². The third kappa shape index (κ3) is 3.63. The predicted molar refractivity (Wildman–Crippen MR) is 82.4 cm³/mol. The fourth-order valence-corrected chi connectivity index (χ4v) is 2.80. The number of carbonyl (C=O) groups is 1. The van der Waals surface area contributed by atoms with Crippen LogP contribution in [0.4, 0.5) is 8.78 Å². The zero-order valence-corrected chi connectivity index (χ0v) is 13.0. The van der Waals surface area contributed by atoms with Crippen molar-refractivity contribution >= 4 is 5.91 Å². The lowest BCUT2D eigenvalue weighted by Gasteiger charge is -2.35. The Morgan fingerprint density at radius 1 is 1.21 bits per heavy atom. The van der Waals surface area contributed by atoms with Gasteiger partial charge in [-0.25, -0.2) is 8.78 Å². The van der Waals surface area contributed by atoms with Gasteiger partial charge in [0.05, 0.1) is 12.4 Å². The fourth-order valence-electron chi connectivity index (χ4n) is 2.80. The van der Waals surface area contributed by atoms with Gasteiger partial charge in [0.1, 0.15) is 11.6 Å². The maximum absolute atomic E-state index is 13.7. The summed E-state index contributed by atoms with van der Waals surface area (Å²) >= 11 is 0. The molecule has 0 aliphatic carbocycles. The van der Waals surface area contributed by atoms with Gasteiger partial charge in [0.25, 0.3) is 5.91 Å². The average Bonchev–Trinajstić information content (AvgIpc) is 3.11. The lowest BCUT2D eigenvalue weighted by Crippen LogP contribution is -2.49. The van der Waals surface area contributed by atoms with Crippen LogP contribution in [0.2, 0.25) is 0 Å². The van der Waals surface area contributed by atoms with Gasteiger partial charge in [0.15, 0.2) is 5.76 Å². The number of aliphatic hydroxyl groups excluding tert-OH is 1. The van der Waals surface area contributed by atoms with E-state index in [2.05, 4.69) is 0 Å². The second-order valence-electron chi connectivity index (χ2n) is 5.75. The molecule has 1 N–H and O–H groups in total. The highest BCUT2D eigenvalue weighted by atomic mass is 19.1. The first kappa shape index (κ1) is 16.6. The van der Waals surface area contributed by atoms with Crippen LogP contribution in [0.25, 0.3) is 0 Å². The Bertz CT molecular complexity index is 698. The van der Waals surface area contributed by atoms with Gasteiger partial charge in [-0.2, -0.15) is 0 Å². The molecule has 1 fully saturated rings. The third-order valence-electron chi connectivity index (χ3n) is 4.14. The van der Waals surface area contributed by atoms with Crippen LogP contribution < -0.4 is 0 Å². The largest absolute Gasteiger partial charge is 0.459 e. The number of piperazine rings is 1. The van der Waals surface area contributed by atoms with Crippen LogP contribution in [0.3, 0.4) is 0 Å². The molecule has 7 heteroatoms. The molecule has 5 nitrogen and oxygen atoms in total. The number of rotatable bonds is 4. The van der Waals surface area contributed by atoms with E-state index in [1.807, 2.05) is 4.90 Å². The number of nitrogens with zero attached hydrogens (tertiary/aromatic N) is 2. The van der Waals surface area contributed by atoms with Crippen LogP contribution in [0.5, 0.6) is 0 Å². The highest BCUT2D eigenvalue weighted by molar-refractivity contribution is 5.91. The van der Waals surface area contributed by atoms with E-state index >= 15 is 0 Å². The highest BCUT2D eigenvalue weighted by Gasteiger charge is 2.25. The standard InChI is InChI=1S/C17H18F2N2O3/c18-12-3-4-14(19)13(10-12)15(22)11-20-5-7-21(8-6-20)17(23)16-2-1-9-24-16/h1-4,9-10,15,22H,5-8,11H2. The minimum atomic E-state index is -1.12. The summed E-state index contributed by atoms with van der Waals surface area (Å²) < 4.78 is 32.0. The topological polar surface area (TPSA) is 56.9 Å². The number of halogens is 2. The molecule has 0 saturated carbocycles. The van der Waals surface area contributed by atoms with Crippen LogP contribution in [0.15, 0.2) is 41.0 Å². The summed E-state index contributed by atoms with van der Waals surface area (Å²) in [5.41, 5.74) is -0.0518. The monoisotopic (exact) mass is 336 g/mol. The molecule has 24 heavy (non-hydrogen) atoms. The zero-order valence-electron chi connectivity index (χ0n) is 13.0. The smallest absolute Gasteiger partial charge is 0.289 e. The maximum Gasteiger partial charge on any atom is 0.289 e. The molecule has 1 unspecified atom stereocenters. The van der Waals surface area contributed by atoms with E-state index in [1.54, 1.807) is 17.0 Å². The Balaban J connectivity index is 1.55. The first-order chi connectivity index (χ1) is 11.5. The summed E-state index contributed by atoms with van der Waals surface area (Å²) in [4.78, 5) is 15.8. The number of benzene rings is 1. The quantitative estimate of drug-likeness (QED) is 0.928.